The Labute approximate surface area is 190 Å². The van der Waals surface area contributed by atoms with Gasteiger partial charge in [0, 0.05) is 20.7 Å². The number of hydrogen-bond acceptors (Lipinski definition) is 5. The van der Waals surface area contributed by atoms with Crippen LogP contribution in [0.5, 0.6) is 0 Å². The first-order valence-electron chi connectivity index (χ1n) is 9.66. The van der Waals surface area contributed by atoms with Gasteiger partial charge in [-0.3, -0.25) is 5.01 Å². The lowest BCUT2D eigenvalue weighted by molar-refractivity contribution is 0.149. The molecule has 0 spiro atoms. The van der Waals surface area contributed by atoms with E-state index in [0.717, 1.165) is 26.6 Å². The minimum atomic E-state index is -1.06. The molecular formula is C23H22ClFN2OS2. The van der Waals surface area contributed by atoms with Gasteiger partial charge in [0.25, 0.3) is 0 Å². The van der Waals surface area contributed by atoms with Crippen molar-refractivity contribution in [2.24, 2.45) is 5.10 Å². The van der Waals surface area contributed by atoms with Crippen molar-refractivity contribution in [2.45, 2.75) is 43.2 Å². The number of thiol groups is 1. The molecule has 2 heterocycles. The summed E-state index contributed by atoms with van der Waals surface area (Å²) < 4.78 is 14.0. The molecule has 0 aliphatic carbocycles. The number of halogens is 2. The fourth-order valence-electron chi connectivity index (χ4n) is 3.57. The molecule has 1 aliphatic rings. The van der Waals surface area contributed by atoms with E-state index in [9.17, 15) is 9.50 Å². The molecule has 1 N–H and O–H groups in total. The molecule has 30 heavy (non-hydrogen) atoms. The molecule has 1 aliphatic heterocycles. The number of anilines is 1. The highest BCUT2D eigenvalue weighted by Gasteiger charge is 2.33. The molecule has 0 bridgehead atoms. The first kappa shape index (κ1) is 21.4. The van der Waals surface area contributed by atoms with Gasteiger partial charge in [0.1, 0.15) is 5.82 Å². The molecule has 0 radical (unpaired) electrons. The van der Waals surface area contributed by atoms with Crippen LogP contribution in [0, 0.1) is 5.82 Å². The molecule has 1 aromatic heterocycles. The van der Waals surface area contributed by atoms with Crippen LogP contribution < -0.4 is 5.01 Å². The van der Waals surface area contributed by atoms with Crippen LogP contribution in [-0.2, 0) is 0 Å². The predicted molar refractivity (Wildman–Crippen MR) is 127 cm³/mol. The van der Waals surface area contributed by atoms with Crippen molar-refractivity contribution >= 4 is 47.0 Å². The van der Waals surface area contributed by atoms with Gasteiger partial charge in [0.2, 0.25) is 0 Å². The number of benzene rings is 2. The summed E-state index contributed by atoms with van der Waals surface area (Å²) in [6.45, 7) is 3.43. The standard InChI is InChI=1S/C23H22ClFN2OS2/c1-23(2,28)22-11-8-18(27(26-22)19-13-15(25)6-7-17(19)24)21-10-9-20(30-21)14-4-3-5-16(29)12-14/h3-7,9-10,12-13,18,28-29H,8,11H2,1-2H3. The SMILES string of the molecule is CC(C)(O)C1=NN(c2cc(F)ccc2Cl)C(c2ccc(-c3cccc(S)c3)s2)CC1. The van der Waals surface area contributed by atoms with Crippen molar-refractivity contribution in [2.75, 3.05) is 5.01 Å². The third-order valence-corrected chi connectivity index (χ3v) is 6.96. The molecule has 0 saturated heterocycles. The fourth-order valence-corrected chi connectivity index (χ4v) is 5.12. The van der Waals surface area contributed by atoms with Crippen LogP contribution in [0.25, 0.3) is 10.4 Å². The molecule has 0 saturated carbocycles. The van der Waals surface area contributed by atoms with E-state index in [-0.39, 0.29) is 11.9 Å². The van der Waals surface area contributed by atoms with Crippen LogP contribution in [0.4, 0.5) is 10.1 Å². The second-order valence-electron chi connectivity index (χ2n) is 7.85. The van der Waals surface area contributed by atoms with Crippen molar-refractivity contribution in [3.8, 4) is 10.4 Å². The van der Waals surface area contributed by atoms with Gasteiger partial charge in [-0.1, -0.05) is 23.7 Å². The smallest absolute Gasteiger partial charge is 0.125 e. The predicted octanol–water partition coefficient (Wildman–Crippen LogP) is 6.96. The van der Waals surface area contributed by atoms with Crippen LogP contribution >= 0.6 is 35.6 Å². The molecule has 3 aromatic rings. The summed E-state index contributed by atoms with van der Waals surface area (Å²) in [5, 5.41) is 17.4. The average molecular weight is 461 g/mol. The third-order valence-electron chi connectivity index (χ3n) is 5.13. The number of aliphatic hydroxyl groups is 1. The molecule has 1 atom stereocenters. The van der Waals surface area contributed by atoms with Crippen LogP contribution in [0.15, 0.2) is 64.6 Å². The van der Waals surface area contributed by atoms with Gasteiger partial charge in [0.05, 0.1) is 28.1 Å². The Hall–Kier alpha value is -1.86. The van der Waals surface area contributed by atoms with Gasteiger partial charge in [-0.15, -0.1) is 24.0 Å². The first-order valence-corrected chi connectivity index (χ1v) is 11.3. The van der Waals surface area contributed by atoms with Crippen LogP contribution in [0.2, 0.25) is 5.02 Å². The molecule has 156 valence electrons. The zero-order chi connectivity index (χ0) is 21.5. The number of rotatable bonds is 4. The summed E-state index contributed by atoms with van der Waals surface area (Å²) in [7, 11) is 0. The van der Waals surface area contributed by atoms with E-state index in [4.69, 9.17) is 16.7 Å². The molecule has 7 heteroatoms. The summed E-state index contributed by atoms with van der Waals surface area (Å²) in [5.74, 6) is -0.379. The van der Waals surface area contributed by atoms with Gasteiger partial charge >= 0.3 is 0 Å². The lowest BCUT2D eigenvalue weighted by Crippen LogP contribution is -2.39. The van der Waals surface area contributed by atoms with Crippen LogP contribution in [0.3, 0.4) is 0 Å². The number of hydrazone groups is 1. The van der Waals surface area contributed by atoms with Crippen molar-refractivity contribution < 1.29 is 9.50 Å². The highest BCUT2D eigenvalue weighted by molar-refractivity contribution is 7.80. The Bertz CT molecular complexity index is 1110. The highest BCUT2D eigenvalue weighted by atomic mass is 35.5. The highest BCUT2D eigenvalue weighted by Crippen LogP contribution is 2.43. The van der Waals surface area contributed by atoms with Gasteiger partial charge in [-0.2, -0.15) is 5.10 Å². The Morgan fingerprint density at radius 2 is 2.00 bits per heavy atom. The molecular weight excluding hydrogens is 439 g/mol. The van der Waals surface area contributed by atoms with Gasteiger partial charge in [0.15, 0.2) is 0 Å². The van der Waals surface area contributed by atoms with Crippen molar-refractivity contribution in [1.82, 2.24) is 0 Å². The topological polar surface area (TPSA) is 35.8 Å². The second kappa shape index (κ2) is 8.35. The monoisotopic (exact) mass is 460 g/mol. The van der Waals surface area contributed by atoms with E-state index in [0.29, 0.717) is 22.8 Å². The minimum Gasteiger partial charge on any atom is -0.384 e. The van der Waals surface area contributed by atoms with Crippen LogP contribution in [0.1, 0.15) is 37.6 Å². The number of thiophene rings is 1. The van der Waals surface area contributed by atoms with Crippen molar-refractivity contribution in [1.29, 1.82) is 0 Å². The zero-order valence-corrected chi connectivity index (χ0v) is 19.1. The summed E-state index contributed by atoms with van der Waals surface area (Å²) in [6, 6.07) is 16.4. The Morgan fingerprint density at radius 1 is 1.20 bits per heavy atom. The Kier molecular flexibility index (Phi) is 5.95. The summed E-state index contributed by atoms with van der Waals surface area (Å²) >= 11 is 12.5. The van der Waals surface area contributed by atoms with Crippen molar-refractivity contribution in [3.63, 3.8) is 0 Å². The summed E-state index contributed by atoms with van der Waals surface area (Å²) in [6.07, 6.45) is 1.39. The molecule has 2 aromatic carbocycles. The molecule has 1 unspecified atom stereocenters. The van der Waals surface area contributed by atoms with E-state index in [1.54, 1.807) is 30.2 Å². The summed E-state index contributed by atoms with van der Waals surface area (Å²) in [4.78, 5) is 3.14. The fraction of sp³-hybridized carbons (Fsp3) is 0.261. The number of nitrogens with zero attached hydrogens (tertiary/aromatic N) is 2. The van der Waals surface area contributed by atoms with Gasteiger partial charge < -0.3 is 5.11 Å². The molecule has 0 amide bonds. The van der Waals surface area contributed by atoms with Crippen LogP contribution in [-0.4, -0.2) is 16.4 Å². The zero-order valence-electron chi connectivity index (χ0n) is 16.6. The quantitative estimate of drug-likeness (QED) is 0.412. The lowest BCUT2D eigenvalue weighted by Gasteiger charge is -2.36. The molecule has 0 fully saturated rings. The van der Waals surface area contributed by atoms with E-state index in [2.05, 4.69) is 30.8 Å². The van der Waals surface area contributed by atoms with Crippen molar-refractivity contribution in [3.05, 3.63) is 70.3 Å². The maximum absolute atomic E-state index is 14.0. The molecule has 3 nitrogen and oxygen atoms in total. The average Bonchev–Trinajstić information content (AvgIpc) is 3.19. The minimum absolute atomic E-state index is 0.103. The maximum Gasteiger partial charge on any atom is 0.125 e. The Morgan fingerprint density at radius 3 is 2.73 bits per heavy atom. The van der Waals surface area contributed by atoms with E-state index in [1.165, 1.54) is 18.2 Å². The Balaban J connectivity index is 1.76. The van der Waals surface area contributed by atoms with Gasteiger partial charge in [-0.25, -0.2) is 4.39 Å². The van der Waals surface area contributed by atoms with E-state index < -0.39 is 5.60 Å². The largest absolute Gasteiger partial charge is 0.384 e. The van der Waals surface area contributed by atoms with E-state index in [1.807, 2.05) is 18.2 Å². The normalized spacial score (nSPS) is 17.2. The summed E-state index contributed by atoms with van der Waals surface area (Å²) in [5.41, 5.74) is 1.19. The first-order chi connectivity index (χ1) is 14.2. The maximum atomic E-state index is 14.0. The second-order valence-corrected chi connectivity index (χ2v) is 9.89. The third kappa shape index (κ3) is 4.42. The lowest BCUT2D eigenvalue weighted by atomic mass is 9.94. The van der Waals surface area contributed by atoms with E-state index >= 15 is 0 Å². The number of hydrogen-bond donors (Lipinski definition) is 2. The van der Waals surface area contributed by atoms with Gasteiger partial charge in [-0.05, 0) is 68.7 Å². The molecule has 4 rings (SSSR count).